The van der Waals surface area contributed by atoms with Crippen molar-refractivity contribution >= 4 is 44.1 Å². The molecule has 4 aromatic rings. The van der Waals surface area contributed by atoms with E-state index in [9.17, 15) is 14.7 Å². The first-order valence-corrected chi connectivity index (χ1v) is 14.8. The number of aliphatic hydroxyl groups is 1. The van der Waals surface area contributed by atoms with E-state index in [-0.39, 0.29) is 11.3 Å². The van der Waals surface area contributed by atoms with Crippen molar-refractivity contribution in [2.75, 3.05) is 25.2 Å². The number of methoxy groups -OCH3 is 1. The van der Waals surface area contributed by atoms with Crippen molar-refractivity contribution in [1.29, 1.82) is 0 Å². The van der Waals surface area contributed by atoms with E-state index in [4.69, 9.17) is 19.2 Å². The Labute approximate surface area is 249 Å². The van der Waals surface area contributed by atoms with Gasteiger partial charge in [-0.1, -0.05) is 36.8 Å². The summed E-state index contributed by atoms with van der Waals surface area (Å²) in [6.45, 7) is 8.88. The predicted octanol–water partition coefficient (Wildman–Crippen LogP) is 7.13. The topological polar surface area (TPSA) is 98.2 Å². The zero-order valence-electron chi connectivity index (χ0n) is 24.4. The Morgan fingerprint density at radius 1 is 1.00 bits per heavy atom. The molecule has 0 bridgehead atoms. The number of unbranched alkanes of at least 4 members (excludes halogenated alkanes) is 1. The number of ketones is 1. The summed E-state index contributed by atoms with van der Waals surface area (Å²) in [5, 5.41) is 11.9. The Bertz CT molecular complexity index is 1670. The summed E-state index contributed by atoms with van der Waals surface area (Å²) in [5.74, 6) is -0.155. The number of hydrogen-bond donors (Lipinski definition) is 1. The third-order valence-electron chi connectivity index (χ3n) is 7.17. The van der Waals surface area contributed by atoms with Gasteiger partial charge in [0.25, 0.3) is 5.78 Å². The lowest BCUT2D eigenvalue weighted by molar-refractivity contribution is -0.132. The minimum absolute atomic E-state index is 0.0283. The van der Waals surface area contributed by atoms with Crippen LogP contribution in [0.25, 0.3) is 16.0 Å². The average molecular weight is 587 g/mol. The van der Waals surface area contributed by atoms with E-state index in [2.05, 4.69) is 6.92 Å². The predicted molar refractivity (Wildman–Crippen MR) is 165 cm³/mol. The molecule has 1 aromatic heterocycles. The maximum atomic E-state index is 13.7. The minimum Gasteiger partial charge on any atom is -0.507 e. The fraction of sp³-hybridized carbons (Fsp3) is 0.303. The van der Waals surface area contributed by atoms with Gasteiger partial charge in [0, 0.05) is 5.56 Å². The van der Waals surface area contributed by atoms with Crippen LogP contribution in [-0.4, -0.2) is 42.1 Å². The molecule has 42 heavy (non-hydrogen) atoms. The highest BCUT2D eigenvalue weighted by Crippen LogP contribution is 2.46. The maximum absolute atomic E-state index is 13.7. The summed E-state index contributed by atoms with van der Waals surface area (Å²) in [5.41, 5.74) is 3.77. The average Bonchev–Trinajstić information content (AvgIpc) is 3.52. The van der Waals surface area contributed by atoms with Gasteiger partial charge in [0.15, 0.2) is 16.6 Å². The van der Waals surface area contributed by atoms with Crippen molar-refractivity contribution < 1.29 is 28.9 Å². The van der Waals surface area contributed by atoms with Gasteiger partial charge >= 0.3 is 5.91 Å². The number of fused-ring (bicyclic) bond motifs is 1. The molecule has 1 fully saturated rings. The number of carbonyl (C=O) groups is 2. The summed E-state index contributed by atoms with van der Waals surface area (Å²) in [7, 11) is 1.55. The smallest absolute Gasteiger partial charge is 0.301 e. The van der Waals surface area contributed by atoms with Crippen molar-refractivity contribution in [3.8, 4) is 17.2 Å². The molecule has 1 amide bonds. The monoisotopic (exact) mass is 586 g/mol. The number of aliphatic hydroxyl groups excluding tert-OH is 1. The molecule has 1 atom stereocenters. The zero-order chi connectivity index (χ0) is 30.0. The van der Waals surface area contributed by atoms with Crippen molar-refractivity contribution in [1.82, 2.24) is 4.98 Å². The van der Waals surface area contributed by atoms with Crippen molar-refractivity contribution in [2.24, 2.45) is 0 Å². The summed E-state index contributed by atoms with van der Waals surface area (Å²) in [6, 6.07) is 15.2. The Morgan fingerprint density at radius 3 is 2.45 bits per heavy atom. The lowest BCUT2D eigenvalue weighted by Gasteiger charge is -2.24. The number of benzene rings is 3. The molecular formula is C33H34N2O6S. The van der Waals surface area contributed by atoms with Crippen LogP contribution in [0.2, 0.25) is 0 Å². The van der Waals surface area contributed by atoms with Crippen LogP contribution in [0.5, 0.6) is 17.2 Å². The van der Waals surface area contributed by atoms with Gasteiger partial charge < -0.3 is 19.3 Å². The highest BCUT2D eigenvalue weighted by atomic mass is 32.1. The van der Waals surface area contributed by atoms with Crippen LogP contribution in [0.1, 0.15) is 55.0 Å². The van der Waals surface area contributed by atoms with E-state index < -0.39 is 17.7 Å². The van der Waals surface area contributed by atoms with Gasteiger partial charge in [-0.2, -0.15) is 0 Å². The van der Waals surface area contributed by atoms with Crippen LogP contribution in [-0.2, 0) is 9.59 Å². The van der Waals surface area contributed by atoms with E-state index in [0.29, 0.717) is 46.7 Å². The third kappa shape index (κ3) is 5.44. The number of nitrogens with zero attached hydrogens (tertiary/aromatic N) is 2. The number of amides is 1. The third-order valence-corrected chi connectivity index (χ3v) is 8.17. The Balaban J connectivity index is 1.70. The Kier molecular flexibility index (Phi) is 8.49. The van der Waals surface area contributed by atoms with Gasteiger partial charge in [-0.3, -0.25) is 14.5 Å². The molecule has 218 valence electrons. The number of Topliss-reactive ketones (excluding diaryl/α,β-unsaturated/α-hetero) is 1. The molecule has 1 saturated heterocycles. The SMILES string of the molecule is CCCCOc1ccc(C2/C(=C(\O)c3ccc(OC)cc3)C(=O)C(=O)N2c2nc3c(C)cc(C)cc3s2)cc1OCC. The number of hydrogen-bond acceptors (Lipinski definition) is 8. The number of aromatic nitrogens is 1. The molecule has 1 aliphatic heterocycles. The number of thiazole rings is 1. The van der Waals surface area contributed by atoms with Crippen molar-refractivity contribution in [3.05, 3.63) is 82.4 Å². The lowest BCUT2D eigenvalue weighted by atomic mass is 9.95. The van der Waals surface area contributed by atoms with Crippen LogP contribution >= 0.6 is 11.3 Å². The Hall–Kier alpha value is -4.37. The van der Waals surface area contributed by atoms with Crippen LogP contribution in [0.3, 0.4) is 0 Å². The molecule has 3 aromatic carbocycles. The maximum Gasteiger partial charge on any atom is 0.301 e. The minimum atomic E-state index is -0.946. The highest BCUT2D eigenvalue weighted by Gasteiger charge is 2.48. The summed E-state index contributed by atoms with van der Waals surface area (Å²) in [4.78, 5) is 33.6. The second kappa shape index (κ2) is 12.2. The van der Waals surface area contributed by atoms with Gasteiger partial charge in [0.1, 0.15) is 11.5 Å². The second-order valence-electron chi connectivity index (χ2n) is 10.2. The van der Waals surface area contributed by atoms with Gasteiger partial charge in [0.2, 0.25) is 0 Å². The zero-order valence-corrected chi connectivity index (χ0v) is 25.2. The molecule has 8 nitrogen and oxygen atoms in total. The second-order valence-corrected chi connectivity index (χ2v) is 11.2. The van der Waals surface area contributed by atoms with Gasteiger partial charge in [-0.25, -0.2) is 4.98 Å². The summed E-state index contributed by atoms with van der Waals surface area (Å²) in [6.07, 6.45) is 1.88. The summed E-state index contributed by atoms with van der Waals surface area (Å²) >= 11 is 1.34. The number of aryl methyl sites for hydroxylation is 2. The molecule has 2 heterocycles. The molecule has 1 N–H and O–H groups in total. The number of anilines is 1. The first-order chi connectivity index (χ1) is 20.3. The van der Waals surface area contributed by atoms with E-state index in [0.717, 1.165) is 34.2 Å². The quantitative estimate of drug-likeness (QED) is 0.0914. The number of rotatable bonds is 10. The molecule has 0 radical (unpaired) electrons. The van der Waals surface area contributed by atoms with Crippen LogP contribution in [0.4, 0.5) is 5.13 Å². The van der Waals surface area contributed by atoms with Gasteiger partial charge in [-0.05, 0) is 86.3 Å². The number of carbonyl (C=O) groups excluding carboxylic acids is 2. The Morgan fingerprint density at radius 2 is 1.76 bits per heavy atom. The van der Waals surface area contributed by atoms with Crippen molar-refractivity contribution in [3.63, 3.8) is 0 Å². The van der Waals surface area contributed by atoms with Crippen LogP contribution < -0.4 is 19.1 Å². The largest absolute Gasteiger partial charge is 0.507 e. The molecule has 0 aliphatic carbocycles. The standard InChI is InChI=1S/C33H34N2O6S/c1-6-8-15-41-24-14-11-22(18-25(24)40-7-2)29-27(30(36)21-9-12-23(39-5)13-10-21)31(37)32(38)35(29)33-34-28-20(4)16-19(3)17-26(28)42-33/h9-14,16-18,29,36H,6-8,15H2,1-5H3/b30-27+. The normalized spacial score (nSPS) is 16.3. The van der Waals surface area contributed by atoms with E-state index in [1.807, 2.05) is 32.9 Å². The molecule has 5 rings (SSSR count). The molecule has 9 heteroatoms. The van der Waals surface area contributed by atoms with E-state index in [1.165, 1.54) is 16.2 Å². The fourth-order valence-corrected chi connectivity index (χ4v) is 6.29. The van der Waals surface area contributed by atoms with E-state index >= 15 is 0 Å². The first kappa shape index (κ1) is 29.1. The lowest BCUT2D eigenvalue weighted by Crippen LogP contribution is -2.29. The van der Waals surface area contributed by atoms with Gasteiger partial charge in [-0.15, -0.1) is 0 Å². The fourth-order valence-electron chi connectivity index (χ4n) is 5.12. The molecule has 0 spiro atoms. The molecule has 1 aliphatic rings. The molecule has 0 saturated carbocycles. The molecule has 1 unspecified atom stereocenters. The first-order valence-electron chi connectivity index (χ1n) is 14.0. The summed E-state index contributed by atoms with van der Waals surface area (Å²) < 4.78 is 18.1. The van der Waals surface area contributed by atoms with Crippen molar-refractivity contribution in [2.45, 2.75) is 46.6 Å². The number of ether oxygens (including phenoxy) is 3. The van der Waals surface area contributed by atoms with Crippen LogP contribution in [0.15, 0.2) is 60.2 Å². The van der Waals surface area contributed by atoms with Crippen LogP contribution in [0, 0.1) is 13.8 Å². The van der Waals surface area contributed by atoms with E-state index in [1.54, 1.807) is 49.6 Å². The highest BCUT2D eigenvalue weighted by molar-refractivity contribution is 7.22. The van der Waals surface area contributed by atoms with Gasteiger partial charge in [0.05, 0.1) is 42.2 Å². The molecular weight excluding hydrogens is 552 g/mol.